The number of hydrogen-bond acceptors (Lipinski definition) is 2. The van der Waals surface area contributed by atoms with Gasteiger partial charge in [0.05, 0.1) is 6.04 Å². The van der Waals surface area contributed by atoms with Crippen molar-refractivity contribution in [1.82, 2.24) is 0 Å². The minimum Gasteiger partial charge on any atom is -0.375 e. The number of benzene rings is 2. The Morgan fingerprint density at radius 1 is 0.714 bits per heavy atom. The molecule has 0 aliphatic heterocycles. The van der Waals surface area contributed by atoms with Crippen LogP contribution in [0.3, 0.4) is 0 Å². The Hall–Kier alpha value is -1.64. The van der Waals surface area contributed by atoms with Crippen LogP contribution in [0.2, 0.25) is 0 Å². The normalized spacial score (nSPS) is 12.1. The van der Waals surface area contributed by atoms with Crippen molar-refractivity contribution < 1.29 is 4.74 Å². The average molecular weight is 287 g/mol. The Labute approximate surface area is 130 Å². The summed E-state index contributed by atoms with van der Waals surface area (Å²) in [4.78, 5) is 0. The van der Waals surface area contributed by atoms with Crippen molar-refractivity contribution in [3.8, 4) is 0 Å². The minimum absolute atomic E-state index is 0.112. The van der Waals surface area contributed by atoms with Crippen LogP contribution in [0.5, 0.6) is 0 Å². The van der Waals surface area contributed by atoms with E-state index >= 15 is 0 Å². The van der Waals surface area contributed by atoms with Crippen molar-refractivity contribution in [3.63, 3.8) is 0 Å². The summed E-state index contributed by atoms with van der Waals surface area (Å²) in [6, 6.07) is 19.9. The highest BCUT2D eigenvalue weighted by molar-refractivity contribution is 5.25. The predicted octanol–water partition coefficient (Wildman–Crippen LogP) is 5.13. The summed E-state index contributed by atoms with van der Waals surface area (Å²) in [7, 11) is 1.69. The SMILES string of the molecule is CC.CC.CO[C@H](c1ccccc1)[C@@H](N)c1ccccc1. The monoisotopic (exact) mass is 287 g/mol. The Bertz CT molecular complexity index is 442. The van der Waals surface area contributed by atoms with Crippen molar-refractivity contribution in [1.29, 1.82) is 0 Å². The summed E-state index contributed by atoms with van der Waals surface area (Å²) >= 11 is 0. The van der Waals surface area contributed by atoms with Crippen molar-refractivity contribution in [2.75, 3.05) is 7.11 Å². The van der Waals surface area contributed by atoms with Gasteiger partial charge in [0, 0.05) is 7.11 Å². The molecule has 2 aromatic carbocycles. The van der Waals surface area contributed by atoms with Crippen LogP contribution < -0.4 is 5.73 Å². The number of nitrogens with two attached hydrogens (primary N) is 1. The summed E-state index contributed by atoms with van der Waals surface area (Å²) in [5, 5.41) is 0. The van der Waals surface area contributed by atoms with Gasteiger partial charge in [-0.2, -0.15) is 0 Å². The molecule has 0 aliphatic carbocycles. The van der Waals surface area contributed by atoms with Crippen LogP contribution >= 0.6 is 0 Å². The van der Waals surface area contributed by atoms with Crippen LogP contribution in [0.1, 0.15) is 51.0 Å². The predicted molar refractivity (Wildman–Crippen MR) is 92.3 cm³/mol. The summed E-state index contributed by atoms with van der Waals surface area (Å²) in [6.07, 6.45) is -0.112. The van der Waals surface area contributed by atoms with Gasteiger partial charge in [0.2, 0.25) is 0 Å². The second-order valence-corrected chi connectivity index (χ2v) is 4.00. The van der Waals surface area contributed by atoms with Gasteiger partial charge in [0.15, 0.2) is 0 Å². The van der Waals surface area contributed by atoms with E-state index in [4.69, 9.17) is 10.5 Å². The molecule has 21 heavy (non-hydrogen) atoms. The van der Waals surface area contributed by atoms with Gasteiger partial charge in [-0.05, 0) is 11.1 Å². The first-order valence-electron chi connectivity index (χ1n) is 7.71. The minimum atomic E-state index is -0.149. The van der Waals surface area contributed by atoms with Crippen LogP contribution in [0.25, 0.3) is 0 Å². The maximum Gasteiger partial charge on any atom is 0.101 e. The fourth-order valence-corrected chi connectivity index (χ4v) is 1.98. The molecule has 0 spiro atoms. The summed E-state index contributed by atoms with van der Waals surface area (Å²) in [5.41, 5.74) is 8.45. The lowest BCUT2D eigenvalue weighted by molar-refractivity contribution is 0.0802. The van der Waals surface area contributed by atoms with E-state index in [1.807, 2.05) is 88.4 Å². The Morgan fingerprint density at radius 2 is 1.10 bits per heavy atom. The lowest BCUT2D eigenvalue weighted by atomic mass is 9.96. The third-order valence-corrected chi connectivity index (χ3v) is 2.89. The van der Waals surface area contributed by atoms with Gasteiger partial charge in [0.1, 0.15) is 6.10 Å². The van der Waals surface area contributed by atoms with Gasteiger partial charge in [-0.3, -0.25) is 0 Å². The number of methoxy groups -OCH3 is 1. The van der Waals surface area contributed by atoms with Crippen LogP contribution in [-0.2, 0) is 4.74 Å². The maximum atomic E-state index is 6.26. The molecule has 2 N–H and O–H groups in total. The lowest BCUT2D eigenvalue weighted by Gasteiger charge is -2.23. The van der Waals surface area contributed by atoms with E-state index in [0.717, 1.165) is 11.1 Å². The smallest absolute Gasteiger partial charge is 0.101 e. The number of rotatable bonds is 4. The molecule has 0 amide bonds. The largest absolute Gasteiger partial charge is 0.375 e. The van der Waals surface area contributed by atoms with Gasteiger partial charge >= 0.3 is 0 Å². The second kappa shape index (κ2) is 12.1. The molecule has 0 saturated carbocycles. The van der Waals surface area contributed by atoms with E-state index in [2.05, 4.69) is 0 Å². The molecule has 0 radical (unpaired) electrons. The molecule has 0 aliphatic rings. The van der Waals surface area contributed by atoms with Crippen molar-refractivity contribution >= 4 is 0 Å². The summed E-state index contributed by atoms with van der Waals surface area (Å²) in [5.74, 6) is 0. The second-order valence-electron chi connectivity index (χ2n) is 4.00. The third-order valence-electron chi connectivity index (χ3n) is 2.89. The highest BCUT2D eigenvalue weighted by Gasteiger charge is 2.20. The third kappa shape index (κ3) is 6.11. The molecule has 2 rings (SSSR count). The zero-order valence-electron chi connectivity index (χ0n) is 13.9. The molecule has 2 heteroatoms. The quantitative estimate of drug-likeness (QED) is 0.846. The molecule has 0 heterocycles. The first kappa shape index (κ1) is 19.4. The Morgan fingerprint density at radius 3 is 1.48 bits per heavy atom. The van der Waals surface area contributed by atoms with E-state index in [9.17, 15) is 0 Å². The van der Waals surface area contributed by atoms with Gasteiger partial charge in [-0.1, -0.05) is 88.4 Å². The lowest BCUT2D eigenvalue weighted by Crippen LogP contribution is -2.21. The van der Waals surface area contributed by atoms with E-state index in [1.165, 1.54) is 0 Å². The fourth-order valence-electron chi connectivity index (χ4n) is 1.98. The molecule has 2 atom stereocenters. The van der Waals surface area contributed by atoms with E-state index in [0.29, 0.717) is 0 Å². The first-order valence-corrected chi connectivity index (χ1v) is 7.71. The molecule has 0 fully saturated rings. The molecule has 0 unspecified atom stereocenters. The summed E-state index contributed by atoms with van der Waals surface area (Å²) in [6.45, 7) is 8.00. The fraction of sp³-hybridized carbons (Fsp3) is 0.368. The van der Waals surface area contributed by atoms with Crippen LogP contribution in [0.15, 0.2) is 60.7 Å². The van der Waals surface area contributed by atoms with E-state index in [1.54, 1.807) is 7.11 Å². The summed E-state index contributed by atoms with van der Waals surface area (Å²) < 4.78 is 5.53. The topological polar surface area (TPSA) is 35.2 Å². The van der Waals surface area contributed by atoms with Gasteiger partial charge < -0.3 is 10.5 Å². The highest BCUT2D eigenvalue weighted by Crippen LogP contribution is 2.29. The first-order chi connectivity index (χ1) is 10.3. The Kier molecular flexibility index (Phi) is 11.2. The highest BCUT2D eigenvalue weighted by atomic mass is 16.5. The van der Waals surface area contributed by atoms with Crippen molar-refractivity contribution in [2.24, 2.45) is 5.73 Å². The van der Waals surface area contributed by atoms with E-state index in [-0.39, 0.29) is 12.1 Å². The van der Waals surface area contributed by atoms with Crippen molar-refractivity contribution in [3.05, 3.63) is 71.8 Å². The molecule has 2 nitrogen and oxygen atoms in total. The number of ether oxygens (including phenoxy) is 1. The molecule has 0 bridgehead atoms. The standard InChI is InChI=1S/C15H17NO.2C2H6/c1-17-15(13-10-6-3-7-11-13)14(16)12-8-4-2-5-9-12;2*1-2/h2-11,14-15H,16H2,1H3;2*1-2H3/t14-,15+;;/m0../s1. The van der Waals surface area contributed by atoms with Crippen molar-refractivity contribution in [2.45, 2.75) is 39.8 Å². The maximum absolute atomic E-state index is 6.26. The average Bonchev–Trinajstić information content (AvgIpc) is 2.61. The molecular formula is C19H29NO. The molecule has 116 valence electrons. The van der Waals surface area contributed by atoms with E-state index < -0.39 is 0 Å². The molecular weight excluding hydrogens is 258 g/mol. The Balaban J connectivity index is 0.000000921. The molecule has 0 saturated heterocycles. The van der Waals surface area contributed by atoms with Gasteiger partial charge in [0.25, 0.3) is 0 Å². The van der Waals surface area contributed by atoms with Crippen LogP contribution in [-0.4, -0.2) is 7.11 Å². The van der Waals surface area contributed by atoms with Crippen LogP contribution in [0.4, 0.5) is 0 Å². The van der Waals surface area contributed by atoms with Gasteiger partial charge in [-0.25, -0.2) is 0 Å². The van der Waals surface area contributed by atoms with Crippen LogP contribution in [0, 0.1) is 0 Å². The number of hydrogen-bond donors (Lipinski definition) is 1. The molecule has 0 aromatic heterocycles. The zero-order valence-corrected chi connectivity index (χ0v) is 13.9. The van der Waals surface area contributed by atoms with Gasteiger partial charge in [-0.15, -0.1) is 0 Å². The molecule has 2 aromatic rings. The zero-order chi connectivity index (χ0) is 16.1.